The van der Waals surface area contributed by atoms with Gasteiger partial charge in [0.05, 0.1) is 12.5 Å². The van der Waals surface area contributed by atoms with Crippen LogP contribution in [-0.2, 0) is 11.3 Å². The third kappa shape index (κ3) is 5.61. The molecule has 0 aliphatic rings. The maximum absolute atomic E-state index is 10.9. The molecule has 1 atom stereocenters. The van der Waals surface area contributed by atoms with Crippen LogP contribution in [0.25, 0.3) is 0 Å². The molecule has 4 nitrogen and oxygen atoms in total. The Morgan fingerprint density at radius 2 is 1.95 bits per heavy atom. The smallest absolute Gasteiger partial charge is 0.307 e. The summed E-state index contributed by atoms with van der Waals surface area (Å²) in [5, 5.41) is 8.95. The number of aliphatic carboxylic acids is 1. The molecule has 20 heavy (non-hydrogen) atoms. The van der Waals surface area contributed by atoms with Gasteiger partial charge in [0.25, 0.3) is 0 Å². The average Bonchev–Trinajstić information content (AvgIpc) is 2.37. The van der Waals surface area contributed by atoms with E-state index >= 15 is 0 Å². The Labute approximate surface area is 121 Å². The van der Waals surface area contributed by atoms with Crippen LogP contribution < -0.4 is 4.74 Å². The molecule has 0 aliphatic heterocycles. The minimum atomic E-state index is -0.763. The number of ether oxygens (including phenoxy) is 1. The minimum absolute atomic E-state index is 0.372. The fourth-order valence-electron chi connectivity index (χ4n) is 1.93. The zero-order valence-electron chi connectivity index (χ0n) is 12.8. The van der Waals surface area contributed by atoms with Crippen LogP contribution >= 0.6 is 0 Å². The SMILES string of the molecule is CC(C)COc1ccccc1CN(C)CC(C)C(=O)O. The van der Waals surface area contributed by atoms with Gasteiger partial charge < -0.3 is 14.7 Å². The van der Waals surface area contributed by atoms with E-state index in [2.05, 4.69) is 13.8 Å². The maximum atomic E-state index is 10.9. The molecule has 0 bridgehead atoms. The lowest BCUT2D eigenvalue weighted by Gasteiger charge is -2.21. The van der Waals surface area contributed by atoms with Gasteiger partial charge in [-0.05, 0) is 19.0 Å². The van der Waals surface area contributed by atoms with Gasteiger partial charge in [-0.1, -0.05) is 39.0 Å². The zero-order chi connectivity index (χ0) is 15.1. The van der Waals surface area contributed by atoms with Crippen LogP contribution in [0.3, 0.4) is 0 Å². The number of carboxylic acids is 1. The quantitative estimate of drug-likeness (QED) is 0.795. The van der Waals surface area contributed by atoms with Gasteiger partial charge in [-0.15, -0.1) is 0 Å². The molecular formula is C16H25NO3. The van der Waals surface area contributed by atoms with Crippen molar-refractivity contribution >= 4 is 5.97 Å². The highest BCUT2D eigenvalue weighted by Gasteiger charge is 2.15. The van der Waals surface area contributed by atoms with E-state index in [1.807, 2.05) is 36.2 Å². The number of carbonyl (C=O) groups is 1. The summed E-state index contributed by atoms with van der Waals surface area (Å²) in [7, 11) is 1.93. The van der Waals surface area contributed by atoms with E-state index in [0.717, 1.165) is 11.3 Å². The molecule has 112 valence electrons. The molecule has 0 fully saturated rings. The van der Waals surface area contributed by atoms with Gasteiger partial charge >= 0.3 is 5.97 Å². The average molecular weight is 279 g/mol. The van der Waals surface area contributed by atoms with Crippen molar-refractivity contribution < 1.29 is 14.6 Å². The van der Waals surface area contributed by atoms with Crippen LogP contribution in [0.4, 0.5) is 0 Å². The first kappa shape index (κ1) is 16.5. The molecule has 0 saturated carbocycles. The van der Waals surface area contributed by atoms with Crippen LogP contribution in [0.15, 0.2) is 24.3 Å². The lowest BCUT2D eigenvalue weighted by atomic mass is 10.1. The molecule has 0 aromatic heterocycles. The Morgan fingerprint density at radius 3 is 2.55 bits per heavy atom. The van der Waals surface area contributed by atoms with Crippen molar-refractivity contribution in [2.75, 3.05) is 20.2 Å². The molecule has 1 N–H and O–H groups in total. The van der Waals surface area contributed by atoms with Gasteiger partial charge in [-0.2, -0.15) is 0 Å². The summed E-state index contributed by atoms with van der Waals surface area (Å²) in [6, 6.07) is 7.93. The van der Waals surface area contributed by atoms with Gasteiger partial charge in [0.15, 0.2) is 0 Å². The number of benzene rings is 1. The van der Waals surface area contributed by atoms with E-state index in [1.165, 1.54) is 0 Å². The number of carboxylic acid groups (broad SMARTS) is 1. The van der Waals surface area contributed by atoms with Gasteiger partial charge in [0, 0.05) is 18.7 Å². The molecule has 1 aromatic rings. The standard InChI is InChI=1S/C16H25NO3/c1-12(2)11-20-15-8-6-5-7-14(15)10-17(4)9-13(3)16(18)19/h5-8,12-13H,9-11H2,1-4H3,(H,18,19). The van der Waals surface area contributed by atoms with E-state index in [9.17, 15) is 4.79 Å². The molecule has 1 unspecified atom stereocenters. The summed E-state index contributed by atoms with van der Waals surface area (Å²) >= 11 is 0. The third-order valence-corrected chi connectivity index (χ3v) is 2.99. The normalized spacial score (nSPS) is 12.7. The second-order valence-corrected chi connectivity index (χ2v) is 5.75. The Morgan fingerprint density at radius 1 is 1.30 bits per heavy atom. The van der Waals surface area contributed by atoms with Crippen molar-refractivity contribution in [3.8, 4) is 5.75 Å². The fourth-order valence-corrected chi connectivity index (χ4v) is 1.93. The lowest BCUT2D eigenvalue weighted by molar-refractivity contribution is -0.141. The molecule has 0 aliphatic carbocycles. The highest BCUT2D eigenvalue weighted by Crippen LogP contribution is 2.20. The lowest BCUT2D eigenvalue weighted by Crippen LogP contribution is -2.28. The summed E-state index contributed by atoms with van der Waals surface area (Å²) < 4.78 is 5.81. The monoisotopic (exact) mass is 279 g/mol. The van der Waals surface area contributed by atoms with E-state index in [-0.39, 0.29) is 5.92 Å². The van der Waals surface area contributed by atoms with Crippen LogP contribution in [-0.4, -0.2) is 36.2 Å². The Bertz CT molecular complexity index is 431. The van der Waals surface area contributed by atoms with Crippen LogP contribution in [0.1, 0.15) is 26.3 Å². The molecule has 0 heterocycles. The van der Waals surface area contributed by atoms with Gasteiger partial charge in [-0.3, -0.25) is 4.79 Å². The first-order valence-corrected chi connectivity index (χ1v) is 7.02. The van der Waals surface area contributed by atoms with Gasteiger partial charge in [-0.25, -0.2) is 0 Å². The van der Waals surface area contributed by atoms with Crippen molar-refractivity contribution in [2.45, 2.75) is 27.3 Å². The number of nitrogens with zero attached hydrogens (tertiary/aromatic N) is 1. The first-order valence-electron chi connectivity index (χ1n) is 7.02. The Balaban J connectivity index is 2.64. The van der Waals surface area contributed by atoms with Gasteiger partial charge in [0.2, 0.25) is 0 Å². The predicted octanol–water partition coefficient (Wildman–Crippen LogP) is 2.87. The van der Waals surface area contributed by atoms with Crippen molar-refractivity contribution in [1.82, 2.24) is 4.90 Å². The molecule has 1 rings (SSSR count). The molecule has 1 aromatic carbocycles. The summed E-state index contributed by atoms with van der Waals surface area (Å²) in [5.74, 6) is 0.230. The summed E-state index contributed by atoms with van der Waals surface area (Å²) in [5.41, 5.74) is 1.09. The predicted molar refractivity (Wildman–Crippen MR) is 79.9 cm³/mol. The molecule has 0 saturated heterocycles. The second-order valence-electron chi connectivity index (χ2n) is 5.75. The van der Waals surface area contributed by atoms with Crippen molar-refractivity contribution in [3.63, 3.8) is 0 Å². The van der Waals surface area contributed by atoms with E-state index in [1.54, 1.807) is 6.92 Å². The van der Waals surface area contributed by atoms with Crippen LogP contribution in [0, 0.1) is 11.8 Å². The summed E-state index contributed by atoms with van der Waals surface area (Å²) in [4.78, 5) is 12.9. The van der Waals surface area contributed by atoms with E-state index in [0.29, 0.717) is 25.6 Å². The maximum Gasteiger partial charge on any atom is 0.307 e. The third-order valence-electron chi connectivity index (χ3n) is 2.99. The molecular weight excluding hydrogens is 254 g/mol. The number of para-hydroxylation sites is 1. The molecule has 0 radical (unpaired) electrons. The summed E-state index contributed by atoms with van der Waals surface area (Å²) in [6.45, 7) is 7.85. The van der Waals surface area contributed by atoms with Crippen LogP contribution in [0.5, 0.6) is 5.75 Å². The Kier molecular flexibility index (Phi) is 6.52. The van der Waals surface area contributed by atoms with Crippen LogP contribution in [0.2, 0.25) is 0 Å². The first-order chi connectivity index (χ1) is 9.40. The molecule has 4 heteroatoms. The summed E-state index contributed by atoms with van der Waals surface area (Å²) in [6.07, 6.45) is 0. The highest BCUT2D eigenvalue weighted by atomic mass is 16.5. The number of hydrogen-bond donors (Lipinski definition) is 1. The fraction of sp³-hybridized carbons (Fsp3) is 0.562. The van der Waals surface area contributed by atoms with Crippen molar-refractivity contribution in [2.24, 2.45) is 11.8 Å². The number of rotatable bonds is 8. The zero-order valence-corrected chi connectivity index (χ0v) is 12.8. The minimum Gasteiger partial charge on any atom is -0.493 e. The van der Waals surface area contributed by atoms with Crippen molar-refractivity contribution in [1.29, 1.82) is 0 Å². The molecule has 0 amide bonds. The largest absolute Gasteiger partial charge is 0.493 e. The highest BCUT2D eigenvalue weighted by molar-refractivity contribution is 5.69. The molecule has 0 spiro atoms. The Hall–Kier alpha value is -1.55. The second kappa shape index (κ2) is 7.90. The van der Waals surface area contributed by atoms with Crippen molar-refractivity contribution in [3.05, 3.63) is 29.8 Å². The topological polar surface area (TPSA) is 49.8 Å². The van der Waals surface area contributed by atoms with Gasteiger partial charge in [0.1, 0.15) is 5.75 Å². The van der Waals surface area contributed by atoms with E-state index in [4.69, 9.17) is 9.84 Å². The number of hydrogen-bond acceptors (Lipinski definition) is 3. The van der Waals surface area contributed by atoms with E-state index < -0.39 is 5.97 Å².